The molecule has 0 fully saturated rings. The van der Waals surface area contributed by atoms with E-state index in [1.165, 1.54) is 22.3 Å². The molecule has 2 bridgehead atoms. The van der Waals surface area contributed by atoms with Gasteiger partial charge in [0.05, 0.1) is 23.9 Å². The van der Waals surface area contributed by atoms with Crippen molar-refractivity contribution in [2.75, 3.05) is 13.2 Å². The summed E-state index contributed by atoms with van der Waals surface area (Å²) in [6.07, 6.45) is 0. The monoisotopic (exact) mass is 428 g/mol. The first-order chi connectivity index (χ1) is 15.5. The van der Waals surface area contributed by atoms with Gasteiger partial charge in [-0.2, -0.15) is 0 Å². The summed E-state index contributed by atoms with van der Waals surface area (Å²) in [5.74, 6) is 3.43. The molecule has 2 aromatic rings. The van der Waals surface area contributed by atoms with Crippen molar-refractivity contribution >= 4 is 11.8 Å². The predicted molar refractivity (Wildman–Crippen MR) is 128 cm³/mol. The maximum Gasteiger partial charge on any atom is 0.188 e. The van der Waals surface area contributed by atoms with E-state index in [-0.39, 0.29) is 35.8 Å². The van der Waals surface area contributed by atoms with Gasteiger partial charge in [-0.05, 0) is 34.1 Å². The normalized spacial score (nSPS) is 32.3. The van der Waals surface area contributed by atoms with Crippen LogP contribution in [0.1, 0.15) is 61.8 Å². The Balaban J connectivity index is 1.55. The van der Waals surface area contributed by atoms with Crippen LogP contribution in [-0.2, 0) is 9.47 Å². The lowest BCUT2D eigenvalue weighted by atomic mass is 9.54. The quantitative estimate of drug-likeness (QED) is 0.653. The van der Waals surface area contributed by atoms with Gasteiger partial charge in [0.25, 0.3) is 0 Å². The lowest BCUT2D eigenvalue weighted by Gasteiger charge is -2.49. The second kappa shape index (κ2) is 7.47. The zero-order valence-electron chi connectivity index (χ0n) is 19.4. The summed E-state index contributed by atoms with van der Waals surface area (Å²) in [7, 11) is 0. The van der Waals surface area contributed by atoms with E-state index in [9.17, 15) is 0 Å². The minimum absolute atomic E-state index is 0.123. The Morgan fingerprint density at radius 1 is 0.625 bits per heavy atom. The number of ether oxygens (including phenoxy) is 2. The molecule has 0 radical (unpaired) electrons. The van der Waals surface area contributed by atoms with Crippen LogP contribution < -0.4 is 0 Å². The molecule has 0 aromatic heterocycles. The first-order valence-electron chi connectivity index (χ1n) is 12.1. The zero-order chi connectivity index (χ0) is 22.0. The van der Waals surface area contributed by atoms with Gasteiger partial charge in [-0.25, -0.2) is 9.98 Å². The maximum atomic E-state index is 6.35. The Kier molecular flexibility index (Phi) is 4.67. The van der Waals surface area contributed by atoms with Crippen molar-refractivity contribution in [3.05, 3.63) is 70.8 Å². The average Bonchev–Trinajstić information content (AvgIpc) is 3.49. The zero-order valence-corrected chi connectivity index (χ0v) is 19.4. The van der Waals surface area contributed by atoms with E-state index < -0.39 is 0 Å². The third kappa shape index (κ3) is 2.88. The molecule has 0 unspecified atom stereocenters. The van der Waals surface area contributed by atoms with Gasteiger partial charge >= 0.3 is 0 Å². The summed E-state index contributed by atoms with van der Waals surface area (Å²) in [5.41, 5.74) is 5.65. The number of rotatable bonds is 4. The van der Waals surface area contributed by atoms with Crippen LogP contribution in [0.3, 0.4) is 0 Å². The highest BCUT2D eigenvalue weighted by atomic mass is 16.5. The Hall–Kier alpha value is -2.62. The van der Waals surface area contributed by atoms with Crippen LogP contribution in [0.15, 0.2) is 58.5 Å². The summed E-state index contributed by atoms with van der Waals surface area (Å²) in [4.78, 5) is 10.3. The Morgan fingerprint density at radius 3 is 1.25 bits per heavy atom. The third-order valence-electron chi connectivity index (χ3n) is 7.94. The smallest absolute Gasteiger partial charge is 0.188 e. The predicted octanol–water partition coefficient (Wildman–Crippen LogP) is 5.42. The lowest BCUT2D eigenvalue weighted by Crippen LogP contribution is -2.47. The number of benzene rings is 2. The molecule has 0 saturated carbocycles. The van der Waals surface area contributed by atoms with Crippen molar-refractivity contribution < 1.29 is 9.47 Å². The van der Waals surface area contributed by atoms with Crippen LogP contribution in [-0.4, -0.2) is 37.1 Å². The van der Waals surface area contributed by atoms with Crippen molar-refractivity contribution in [2.45, 2.75) is 51.6 Å². The minimum Gasteiger partial charge on any atom is -0.478 e. The molecule has 0 amide bonds. The molecule has 4 atom stereocenters. The molecule has 0 saturated heterocycles. The Morgan fingerprint density at radius 2 is 0.969 bits per heavy atom. The van der Waals surface area contributed by atoms with Gasteiger partial charge in [0.15, 0.2) is 11.8 Å². The van der Waals surface area contributed by atoms with Crippen LogP contribution >= 0.6 is 0 Å². The second-order valence-corrected chi connectivity index (χ2v) is 10.4. The van der Waals surface area contributed by atoms with Gasteiger partial charge in [0.2, 0.25) is 0 Å². The fraction of sp³-hybridized carbons (Fsp3) is 0.500. The largest absolute Gasteiger partial charge is 0.478 e. The summed E-state index contributed by atoms with van der Waals surface area (Å²) < 4.78 is 12.7. The van der Waals surface area contributed by atoms with E-state index >= 15 is 0 Å². The molecule has 2 aliphatic heterocycles. The first-order valence-corrected chi connectivity index (χ1v) is 12.1. The molecule has 5 aliphatic rings. The molecular formula is C28H32N2O2. The van der Waals surface area contributed by atoms with E-state index in [1.54, 1.807) is 0 Å². The average molecular weight is 429 g/mol. The summed E-state index contributed by atoms with van der Waals surface area (Å²) in [5, 5.41) is 0. The molecule has 0 N–H and O–H groups in total. The molecule has 3 aliphatic carbocycles. The fourth-order valence-corrected chi connectivity index (χ4v) is 6.14. The molecule has 2 aromatic carbocycles. The maximum absolute atomic E-state index is 6.35. The van der Waals surface area contributed by atoms with Crippen molar-refractivity contribution in [3.8, 4) is 0 Å². The van der Waals surface area contributed by atoms with E-state index in [4.69, 9.17) is 19.5 Å². The van der Waals surface area contributed by atoms with Gasteiger partial charge in [-0.1, -0.05) is 76.2 Å². The van der Waals surface area contributed by atoms with E-state index in [0.717, 1.165) is 11.8 Å². The number of hydrogen-bond acceptors (Lipinski definition) is 4. The van der Waals surface area contributed by atoms with Crippen LogP contribution in [0.4, 0.5) is 0 Å². The van der Waals surface area contributed by atoms with Gasteiger partial charge in [0, 0.05) is 11.8 Å². The Labute approximate surface area is 190 Å². The number of fused-ring (bicyclic) bond motifs is 1. The molecule has 7 rings (SSSR count). The molecule has 2 heterocycles. The highest BCUT2D eigenvalue weighted by Crippen LogP contribution is 2.59. The number of aliphatic imine (C=N–C) groups is 2. The van der Waals surface area contributed by atoms with Crippen LogP contribution in [0, 0.1) is 23.7 Å². The van der Waals surface area contributed by atoms with Crippen molar-refractivity contribution in [1.29, 1.82) is 0 Å². The molecule has 166 valence electrons. The van der Waals surface area contributed by atoms with Gasteiger partial charge in [-0.3, -0.25) is 0 Å². The SMILES string of the molecule is CC(C)[C@H]1COC([C@H]2C3c4ccccc4C(c4ccccc43)[C@@H]2C2=N[C@@H](C(C)C)CO2)=N1. The van der Waals surface area contributed by atoms with Crippen LogP contribution in [0.2, 0.25) is 0 Å². The fourth-order valence-electron chi connectivity index (χ4n) is 6.14. The van der Waals surface area contributed by atoms with Crippen LogP contribution in [0.25, 0.3) is 0 Å². The lowest BCUT2D eigenvalue weighted by molar-refractivity contribution is 0.226. The number of hydrogen-bond donors (Lipinski definition) is 0. The second-order valence-electron chi connectivity index (χ2n) is 10.4. The molecule has 4 heteroatoms. The molecular weight excluding hydrogens is 396 g/mol. The minimum atomic E-state index is 0.123. The molecule has 0 spiro atoms. The molecule has 32 heavy (non-hydrogen) atoms. The third-order valence-corrected chi connectivity index (χ3v) is 7.94. The van der Waals surface area contributed by atoms with E-state index in [0.29, 0.717) is 25.0 Å². The van der Waals surface area contributed by atoms with Crippen molar-refractivity contribution in [2.24, 2.45) is 33.7 Å². The topological polar surface area (TPSA) is 43.2 Å². The van der Waals surface area contributed by atoms with Crippen molar-refractivity contribution in [1.82, 2.24) is 0 Å². The highest BCUT2D eigenvalue weighted by molar-refractivity contribution is 5.93. The first kappa shape index (κ1) is 20.0. The van der Waals surface area contributed by atoms with Gasteiger partial charge in [0.1, 0.15) is 13.2 Å². The Bertz CT molecular complexity index is 969. The van der Waals surface area contributed by atoms with E-state index in [2.05, 4.69) is 76.2 Å². The highest BCUT2D eigenvalue weighted by Gasteiger charge is 2.56. The molecule has 4 nitrogen and oxygen atoms in total. The van der Waals surface area contributed by atoms with Crippen LogP contribution in [0.5, 0.6) is 0 Å². The standard InChI is InChI=1S/C28H32N2O2/c1-15(2)21-13-31-27(29-21)25-23-17-9-5-7-11-19(17)24(20-12-8-6-10-18(20)23)26(25)28-30-22(14-32-28)16(3)4/h5-12,15-16,21-26H,13-14H2,1-4H3/t21-,22-,23?,24?,25+,26+/m1/s1. The summed E-state index contributed by atoms with van der Waals surface area (Å²) in [6, 6.07) is 18.3. The number of nitrogens with zero attached hydrogens (tertiary/aromatic N) is 2. The summed E-state index contributed by atoms with van der Waals surface area (Å²) >= 11 is 0. The van der Waals surface area contributed by atoms with E-state index in [1.807, 2.05) is 0 Å². The van der Waals surface area contributed by atoms with Gasteiger partial charge < -0.3 is 9.47 Å². The van der Waals surface area contributed by atoms with Gasteiger partial charge in [-0.15, -0.1) is 0 Å². The van der Waals surface area contributed by atoms with Crippen molar-refractivity contribution in [3.63, 3.8) is 0 Å². The summed E-state index contributed by atoms with van der Waals surface area (Å²) in [6.45, 7) is 10.3.